The third-order valence-corrected chi connectivity index (χ3v) is 9.13. The first-order chi connectivity index (χ1) is 20.4. The first-order valence-electron chi connectivity index (χ1n) is 13.2. The lowest BCUT2D eigenvalue weighted by molar-refractivity contribution is -0.384. The van der Waals surface area contributed by atoms with Crippen LogP contribution in [-0.2, 0) is 6.42 Å². The summed E-state index contributed by atoms with van der Waals surface area (Å²) in [5.74, 6) is 1.27. The highest BCUT2D eigenvalue weighted by atomic mass is 79.9. The van der Waals surface area contributed by atoms with Gasteiger partial charge in [0.2, 0.25) is 0 Å². The van der Waals surface area contributed by atoms with Gasteiger partial charge >= 0.3 is 0 Å². The zero-order chi connectivity index (χ0) is 29.0. The summed E-state index contributed by atoms with van der Waals surface area (Å²) in [7, 11) is 1.45. The number of halogens is 1. The van der Waals surface area contributed by atoms with Gasteiger partial charge in [-0.25, -0.2) is 4.99 Å². The number of thiazole rings is 1. The maximum atomic E-state index is 14.0. The molecular formula is C32H22BrN3O5S. The van der Waals surface area contributed by atoms with Crippen molar-refractivity contribution in [3.8, 4) is 17.1 Å². The maximum Gasteiger partial charge on any atom is 0.273 e. The van der Waals surface area contributed by atoms with Crippen LogP contribution in [0.2, 0.25) is 0 Å². The van der Waals surface area contributed by atoms with E-state index in [1.165, 1.54) is 36.1 Å². The van der Waals surface area contributed by atoms with E-state index in [0.717, 1.165) is 39.7 Å². The molecule has 3 heterocycles. The van der Waals surface area contributed by atoms with Gasteiger partial charge in [0.15, 0.2) is 4.80 Å². The number of fused-ring (bicyclic) bond motifs is 3. The first-order valence-corrected chi connectivity index (χ1v) is 14.8. The lowest BCUT2D eigenvalue weighted by Gasteiger charge is -2.30. The fourth-order valence-electron chi connectivity index (χ4n) is 5.67. The highest BCUT2D eigenvalue weighted by Crippen LogP contribution is 2.41. The smallest absolute Gasteiger partial charge is 0.273 e. The van der Waals surface area contributed by atoms with Gasteiger partial charge in [-0.2, -0.15) is 0 Å². The molecule has 1 aliphatic carbocycles. The molecule has 0 bridgehead atoms. The topological polar surface area (TPSA) is 99.9 Å². The van der Waals surface area contributed by atoms with Crippen LogP contribution in [0.15, 0.2) is 103 Å². The largest absolute Gasteiger partial charge is 0.496 e. The second-order valence-electron chi connectivity index (χ2n) is 10.0. The van der Waals surface area contributed by atoms with Crippen molar-refractivity contribution in [2.24, 2.45) is 4.99 Å². The molecule has 2 aliphatic rings. The Morgan fingerprint density at radius 1 is 1.07 bits per heavy atom. The van der Waals surface area contributed by atoms with Crippen LogP contribution >= 0.6 is 27.3 Å². The molecule has 0 spiro atoms. The van der Waals surface area contributed by atoms with Gasteiger partial charge in [-0.05, 0) is 59.9 Å². The van der Waals surface area contributed by atoms with Gasteiger partial charge in [-0.3, -0.25) is 19.5 Å². The fraction of sp³-hybridized carbons (Fsp3) is 0.125. The van der Waals surface area contributed by atoms with E-state index in [2.05, 4.69) is 46.3 Å². The number of hydrogen-bond acceptors (Lipinski definition) is 7. The highest BCUT2D eigenvalue weighted by Gasteiger charge is 2.32. The van der Waals surface area contributed by atoms with E-state index in [1.807, 2.05) is 18.2 Å². The van der Waals surface area contributed by atoms with Crippen LogP contribution in [0.4, 0.5) is 5.69 Å². The zero-order valence-corrected chi connectivity index (χ0v) is 24.6. The molecule has 10 heteroatoms. The molecule has 0 N–H and O–H groups in total. The summed E-state index contributed by atoms with van der Waals surface area (Å²) in [5.41, 5.74) is 5.86. The normalized spacial score (nSPS) is 16.0. The number of nitrogens with zero attached hydrogens (tertiary/aromatic N) is 3. The summed E-state index contributed by atoms with van der Waals surface area (Å²) in [5, 5.41) is 11.2. The molecule has 0 saturated carbocycles. The number of nitro groups is 1. The molecule has 0 fully saturated rings. The number of rotatable bonds is 5. The van der Waals surface area contributed by atoms with Crippen LogP contribution in [0, 0.1) is 10.1 Å². The van der Waals surface area contributed by atoms with Gasteiger partial charge in [-0.1, -0.05) is 63.7 Å². The molecule has 0 radical (unpaired) electrons. The number of aryl methyl sites for hydroxylation is 1. The van der Waals surface area contributed by atoms with Crippen molar-refractivity contribution in [3.05, 3.63) is 141 Å². The van der Waals surface area contributed by atoms with E-state index in [9.17, 15) is 14.9 Å². The SMILES string of the molecule is COc1cc([N+](=O)[O-])ccc1-c1ccc(/C=c2\sc3n(c2=O)[C@H](c2ccc(Br)cc2)C2=C(N=3)c3ccccc3CC2)o1. The molecule has 0 amide bonds. The second kappa shape index (κ2) is 10.4. The molecular weight excluding hydrogens is 618 g/mol. The Hall–Kier alpha value is -4.54. The standard InChI is InChI=1S/C32H22BrN3O5S/c1-40-27-16-21(36(38)39)11-14-24(27)26-15-12-22(41-26)17-28-31(37)35-30(19-6-9-20(33)10-7-19)25-13-8-18-4-2-3-5-23(18)29(25)34-32(35)42-28/h2-7,9-12,14-17,30H,8,13H2,1H3/b28-17-/t30-/m1/s1. The second-order valence-corrected chi connectivity index (χ2v) is 11.9. The predicted octanol–water partition coefficient (Wildman–Crippen LogP) is 6.26. The molecule has 2 aromatic heterocycles. The van der Waals surface area contributed by atoms with E-state index in [1.54, 1.807) is 28.8 Å². The molecule has 7 rings (SSSR count). The molecule has 42 heavy (non-hydrogen) atoms. The van der Waals surface area contributed by atoms with Crippen LogP contribution in [0.1, 0.15) is 34.9 Å². The van der Waals surface area contributed by atoms with Crippen molar-refractivity contribution in [1.82, 2.24) is 4.57 Å². The average molecular weight is 641 g/mol. The Bertz CT molecular complexity index is 2110. The Morgan fingerprint density at radius 3 is 2.67 bits per heavy atom. The number of benzene rings is 3. The summed E-state index contributed by atoms with van der Waals surface area (Å²) in [6.07, 6.45) is 3.43. The number of ether oxygens (including phenoxy) is 1. The summed E-state index contributed by atoms with van der Waals surface area (Å²) in [6, 6.07) is 24.1. The van der Waals surface area contributed by atoms with E-state index in [4.69, 9.17) is 14.1 Å². The van der Waals surface area contributed by atoms with Crippen molar-refractivity contribution in [2.45, 2.75) is 18.9 Å². The van der Waals surface area contributed by atoms with E-state index in [-0.39, 0.29) is 17.3 Å². The van der Waals surface area contributed by atoms with Crippen molar-refractivity contribution in [3.63, 3.8) is 0 Å². The molecule has 8 nitrogen and oxygen atoms in total. The molecule has 1 atom stereocenters. The minimum Gasteiger partial charge on any atom is -0.496 e. The summed E-state index contributed by atoms with van der Waals surface area (Å²) >= 11 is 4.87. The Morgan fingerprint density at radius 2 is 1.88 bits per heavy atom. The van der Waals surface area contributed by atoms with E-state index < -0.39 is 4.92 Å². The van der Waals surface area contributed by atoms with Crippen molar-refractivity contribution in [2.75, 3.05) is 7.11 Å². The number of methoxy groups -OCH3 is 1. The fourth-order valence-corrected chi connectivity index (χ4v) is 6.91. The molecule has 3 aromatic carbocycles. The number of nitro benzene ring substituents is 1. The molecule has 208 valence electrons. The number of aromatic nitrogens is 1. The Labute approximate surface area is 251 Å². The number of furan rings is 1. The quantitative estimate of drug-likeness (QED) is 0.167. The summed E-state index contributed by atoms with van der Waals surface area (Å²) < 4.78 is 14.7. The number of allylic oxidation sites excluding steroid dienone is 1. The van der Waals surface area contributed by atoms with Crippen molar-refractivity contribution >= 4 is 44.7 Å². The maximum absolute atomic E-state index is 14.0. The van der Waals surface area contributed by atoms with Crippen LogP contribution < -0.4 is 19.6 Å². The van der Waals surface area contributed by atoms with Gasteiger partial charge in [-0.15, -0.1) is 0 Å². The molecule has 0 unspecified atom stereocenters. The van der Waals surface area contributed by atoms with E-state index >= 15 is 0 Å². The lowest BCUT2D eigenvalue weighted by atomic mass is 9.83. The predicted molar refractivity (Wildman–Crippen MR) is 164 cm³/mol. The van der Waals surface area contributed by atoms with Crippen LogP contribution in [0.3, 0.4) is 0 Å². The Kier molecular flexibility index (Phi) is 6.52. The van der Waals surface area contributed by atoms with Crippen molar-refractivity contribution in [1.29, 1.82) is 0 Å². The highest BCUT2D eigenvalue weighted by molar-refractivity contribution is 9.10. The average Bonchev–Trinajstić information content (AvgIpc) is 3.60. The zero-order valence-electron chi connectivity index (χ0n) is 22.2. The molecule has 5 aromatic rings. The first kappa shape index (κ1) is 26.4. The van der Waals surface area contributed by atoms with Gasteiger partial charge in [0.1, 0.15) is 17.3 Å². The summed E-state index contributed by atoms with van der Waals surface area (Å²) in [6.45, 7) is 0. The Balaban J connectivity index is 1.36. The van der Waals surface area contributed by atoms with E-state index in [0.29, 0.717) is 32.2 Å². The lowest BCUT2D eigenvalue weighted by Crippen LogP contribution is -2.38. The third-order valence-electron chi connectivity index (χ3n) is 7.62. The molecule has 1 aliphatic heterocycles. The van der Waals surface area contributed by atoms with Crippen LogP contribution in [-0.4, -0.2) is 16.6 Å². The minimum absolute atomic E-state index is 0.0749. The minimum atomic E-state index is -0.475. The third kappa shape index (κ3) is 4.43. The van der Waals surface area contributed by atoms with Gasteiger partial charge < -0.3 is 9.15 Å². The number of hydrogen-bond donors (Lipinski definition) is 0. The van der Waals surface area contributed by atoms with Gasteiger partial charge in [0.05, 0.1) is 39.9 Å². The van der Waals surface area contributed by atoms with Crippen molar-refractivity contribution < 1.29 is 14.1 Å². The van der Waals surface area contributed by atoms with Crippen LogP contribution in [0.5, 0.6) is 5.75 Å². The van der Waals surface area contributed by atoms with Gasteiger partial charge in [0, 0.05) is 22.2 Å². The monoisotopic (exact) mass is 639 g/mol. The van der Waals surface area contributed by atoms with Crippen LogP contribution in [0.25, 0.3) is 23.1 Å². The van der Waals surface area contributed by atoms with Gasteiger partial charge in [0.25, 0.3) is 11.2 Å². The molecule has 0 saturated heterocycles. The summed E-state index contributed by atoms with van der Waals surface area (Å²) in [4.78, 5) is 30.4. The number of non-ortho nitro benzene ring substituents is 1.